The number of hydrogen-bond acceptors (Lipinski definition) is 2. The van der Waals surface area contributed by atoms with Gasteiger partial charge in [-0.3, -0.25) is 4.79 Å². The van der Waals surface area contributed by atoms with Gasteiger partial charge in [-0.05, 0) is 88.3 Å². The van der Waals surface area contributed by atoms with Gasteiger partial charge in [0.25, 0.3) is 0 Å². The van der Waals surface area contributed by atoms with Crippen molar-refractivity contribution in [3.63, 3.8) is 0 Å². The van der Waals surface area contributed by atoms with Crippen LogP contribution in [0.15, 0.2) is 12.1 Å². The second kappa shape index (κ2) is 5.99. The molecule has 138 valence electrons. The molecule has 4 heteroatoms. The second-order valence-electron chi connectivity index (χ2n) is 9.05. The maximum Gasteiger partial charge on any atom is 0.217 e. The first-order chi connectivity index (χ1) is 11.5. The summed E-state index contributed by atoms with van der Waals surface area (Å²) in [6, 6.07) is 4.49. The van der Waals surface area contributed by atoms with E-state index in [4.69, 9.17) is 11.6 Å². The zero-order valence-electron chi connectivity index (χ0n) is 16.4. The number of likely N-dealkylation sites (tertiary alicyclic amines) is 1. The SMILES string of the molecule is CC(=O)NC(C)(C)[C@@]1(C)CC2(CCN(C)CC2)c2cc(Cl)c(C)cc21. The van der Waals surface area contributed by atoms with Crippen molar-refractivity contribution in [2.24, 2.45) is 0 Å². The lowest BCUT2D eigenvalue weighted by molar-refractivity contribution is -0.121. The number of carbonyl (C=O) groups excluding carboxylic acids is 1. The average molecular weight is 363 g/mol. The highest BCUT2D eigenvalue weighted by atomic mass is 35.5. The first-order valence-electron chi connectivity index (χ1n) is 9.29. The van der Waals surface area contributed by atoms with Gasteiger partial charge in [0.15, 0.2) is 0 Å². The molecule has 1 N–H and O–H groups in total. The van der Waals surface area contributed by atoms with Gasteiger partial charge in [0, 0.05) is 22.9 Å². The minimum Gasteiger partial charge on any atom is -0.351 e. The zero-order valence-corrected chi connectivity index (χ0v) is 17.2. The Hall–Kier alpha value is -1.06. The molecule has 1 aliphatic carbocycles. The smallest absolute Gasteiger partial charge is 0.217 e. The number of hydrogen-bond donors (Lipinski definition) is 1. The summed E-state index contributed by atoms with van der Waals surface area (Å²) < 4.78 is 0. The largest absolute Gasteiger partial charge is 0.351 e. The number of nitrogens with zero attached hydrogens (tertiary/aromatic N) is 1. The summed E-state index contributed by atoms with van der Waals surface area (Å²) in [5.41, 5.74) is 3.65. The Balaban J connectivity index is 2.15. The molecule has 1 fully saturated rings. The predicted molar refractivity (Wildman–Crippen MR) is 104 cm³/mol. The molecular weight excluding hydrogens is 332 g/mol. The van der Waals surface area contributed by atoms with Gasteiger partial charge in [-0.15, -0.1) is 0 Å². The molecule has 1 atom stereocenters. The molecule has 3 nitrogen and oxygen atoms in total. The van der Waals surface area contributed by atoms with Crippen molar-refractivity contribution < 1.29 is 4.79 Å². The third-order valence-electron chi connectivity index (χ3n) is 6.97. The maximum absolute atomic E-state index is 11.9. The summed E-state index contributed by atoms with van der Waals surface area (Å²) in [6.45, 7) is 12.6. The Morgan fingerprint density at radius 3 is 2.40 bits per heavy atom. The Morgan fingerprint density at radius 2 is 1.84 bits per heavy atom. The number of carbonyl (C=O) groups is 1. The lowest BCUT2D eigenvalue weighted by Crippen LogP contribution is -2.57. The number of rotatable bonds is 2. The molecule has 1 amide bonds. The van der Waals surface area contributed by atoms with Crippen LogP contribution in [0.3, 0.4) is 0 Å². The summed E-state index contributed by atoms with van der Waals surface area (Å²) in [4.78, 5) is 14.3. The van der Waals surface area contributed by atoms with Crippen molar-refractivity contribution >= 4 is 17.5 Å². The van der Waals surface area contributed by atoms with Crippen molar-refractivity contribution in [1.82, 2.24) is 10.2 Å². The van der Waals surface area contributed by atoms with Crippen molar-refractivity contribution in [2.45, 2.75) is 70.3 Å². The summed E-state index contributed by atoms with van der Waals surface area (Å²) in [5, 5.41) is 4.08. The Morgan fingerprint density at radius 1 is 1.24 bits per heavy atom. The number of amides is 1. The molecule has 1 heterocycles. The average Bonchev–Trinajstić information content (AvgIpc) is 2.73. The van der Waals surface area contributed by atoms with Crippen molar-refractivity contribution in [1.29, 1.82) is 0 Å². The van der Waals surface area contributed by atoms with E-state index in [2.05, 4.69) is 57.1 Å². The van der Waals surface area contributed by atoms with Gasteiger partial charge in [-0.1, -0.05) is 24.6 Å². The Kier molecular flexibility index (Phi) is 4.49. The number of nitrogens with one attached hydrogen (secondary N) is 1. The summed E-state index contributed by atoms with van der Waals surface area (Å²) in [7, 11) is 2.20. The topological polar surface area (TPSA) is 32.3 Å². The number of fused-ring (bicyclic) bond motifs is 2. The van der Waals surface area contributed by atoms with E-state index in [1.165, 1.54) is 11.1 Å². The standard InChI is InChI=1S/C21H31ClN2O/c1-14-11-16-17(12-18(14)22)21(7-9-24(6)10-8-21)13-20(16,5)19(3,4)23-15(2)25/h11-12H,7-10,13H2,1-6H3,(H,23,25)/t20-/m0/s1. The second-order valence-corrected chi connectivity index (χ2v) is 9.45. The van der Waals surface area contributed by atoms with Crippen LogP contribution in [0, 0.1) is 6.92 Å². The van der Waals surface area contributed by atoms with Crippen LogP contribution in [0.25, 0.3) is 0 Å². The van der Waals surface area contributed by atoms with E-state index in [0.717, 1.165) is 42.9 Å². The fraction of sp³-hybridized carbons (Fsp3) is 0.667. The molecule has 2 aliphatic rings. The molecule has 0 aromatic heterocycles. The minimum absolute atomic E-state index is 0.0304. The minimum atomic E-state index is -0.319. The van der Waals surface area contributed by atoms with Gasteiger partial charge in [0.2, 0.25) is 5.91 Å². The molecule has 1 aromatic rings. The quantitative estimate of drug-likeness (QED) is 0.855. The Labute approximate surface area is 157 Å². The summed E-state index contributed by atoms with van der Waals surface area (Å²) in [5.74, 6) is 0.0304. The van der Waals surface area contributed by atoms with E-state index in [9.17, 15) is 4.79 Å². The van der Waals surface area contributed by atoms with E-state index in [1.54, 1.807) is 6.92 Å². The van der Waals surface area contributed by atoms with E-state index >= 15 is 0 Å². The fourth-order valence-corrected chi connectivity index (χ4v) is 5.24. The van der Waals surface area contributed by atoms with Gasteiger partial charge in [0.1, 0.15) is 0 Å². The maximum atomic E-state index is 11.9. The van der Waals surface area contributed by atoms with E-state index in [1.807, 2.05) is 0 Å². The van der Waals surface area contributed by atoms with Crippen LogP contribution in [-0.4, -0.2) is 36.5 Å². The normalized spacial score (nSPS) is 25.9. The Bertz CT molecular complexity index is 704. The van der Waals surface area contributed by atoms with Gasteiger partial charge in [0.05, 0.1) is 0 Å². The van der Waals surface area contributed by atoms with Crippen LogP contribution >= 0.6 is 11.6 Å². The summed E-state index contributed by atoms with van der Waals surface area (Å²) in [6.07, 6.45) is 3.37. The highest BCUT2D eigenvalue weighted by Crippen LogP contribution is 2.58. The third kappa shape index (κ3) is 2.90. The molecule has 3 rings (SSSR count). The molecule has 1 saturated heterocycles. The fourth-order valence-electron chi connectivity index (χ4n) is 5.07. The first-order valence-corrected chi connectivity index (χ1v) is 9.67. The number of piperidine rings is 1. The molecular formula is C21H31ClN2O. The van der Waals surface area contributed by atoms with Gasteiger partial charge in [-0.2, -0.15) is 0 Å². The molecule has 0 bridgehead atoms. The van der Waals surface area contributed by atoms with Crippen LogP contribution in [0.4, 0.5) is 0 Å². The van der Waals surface area contributed by atoms with Crippen LogP contribution in [0.5, 0.6) is 0 Å². The predicted octanol–water partition coefficient (Wildman–Crippen LogP) is 4.19. The van der Waals surface area contributed by atoms with E-state index in [0.29, 0.717) is 0 Å². The van der Waals surface area contributed by atoms with Crippen molar-refractivity contribution in [3.8, 4) is 0 Å². The monoisotopic (exact) mass is 362 g/mol. The van der Waals surface area contributed by atoms with Gasteiger partial charge < -0.3 is 10.2 Å². The summed E-state index contributed by atoms with van der Waals surface area (Å²) >= 11 is 6.53. The van der Waals surface area contributed by atoms with Crippen LogP contribution in [0.2, 0.25) is 5.02 Å². The van der Waals surface area contributed by atoms with Crippen LogP contribution in [0.1, 0.15) is 63.6 Å². The van der Waals surface area contributed by atoms with Crippen LogP contribution in [-0.2, 0) is 15.6 Å². The van der Waals surface area contributed by atoms with Crippen molar-refractivity contribution in [3.05, 3.63) is 33.8 Å². The highest BCUT2D eigenvalue weighted by Gasteiger charge is 2.56. The molecule has 0 saturated carbocycles. The zero-order chi connectivity index (χ0) is 18.6. The first kappa shape index (κ1) is 18.7. The van der Waals surface area contributed by atoms with Crippen LogP contribution < -0.4 is 5.32 Å². The highest BCUT2D eigenvalue weighted by molar-refractivity contribution is 6.31. The van der Waals surface area contributed by atoms with Crippen molar-refractivity contribution in [2.75, 3.05) is 20.1 Å². The molecule has 0 radical (unpaired) electrons. The molecule has 1 aromatic carbocycles. The molecule has 25 heavy (non-hydrogen) atoms. The lowest BCUT2D eigenvalue weighted by atomic mass is 9.65. The molecule has 0 unspecified atom stereocenters. The number of halogens is 1. The molecule has 1 aliphatic heterocycles. The number of benzene rings is 1. The number of aryl methyl sites for hydroxylation is 1. The third-order valence-corrected chi connectivity index (χ3v) is 7.38. The molecule has 1 spiro atoms. The van der Waals surface area contributed by atoms with Gasteiger partial charge >= 0.3 is 0 Å². The van der Waals surface area contributed by atoms with Gasteiger partial charge in [-0.25, -0.2) is 0 Å². The lowest BCUT2D eigenvalue weighted by Gasteiger charge is -2.46. The van der Waals surface area contributed by atoms with E-state index < -0.39 is 0 Å². The van der Waals surface area contributed by atoms with E-state index in [-0.39, 0.29) is 22.3 Å².